The maximum atomic E-state index is 4.58. The fraction of sp³-hybridized carbons (Fsp3) is 0.571. The van der Waals surface area contributed by atoms with E-state index < -0.39 is 0 Å². The molecule has 4 nitrogen and oxygen atoms in total. The summed E-state index contributed by atoms with van der Waals surface area (Å²) < 4.78 is 0.986. The summed E-state index contributed by atoms with van der Waals surface area (Å²) in [6, 6.07) is 2.03. The summed E-state index contributed by atoms with van der Waals surface area (Å²) in [4.78, 5) is 12.3. The van der Waals surface area contributed by atoms with E-state index in [9.17, 15) is 0 Å². The first-order chi connectivity index (χ1) is 9.22. The molecule has 2 unspecified atom stereocenters. The normalized spacial score (nSPS) is 21.7. The van der Waals surface area contributed by atoms with E-state index in [1.54, 1.807) is 6.20 Å². The molecule has 3 heterocycles. The predicted molar refractivity (Wildman–Crippen MR) is 80.1 cm³/mol. The Balaban J connectivity index is 1.73. The highest BCUT2D eigenvalue weighted by Crippen LogP contribution is 2.23. The topological polar surface area (TPSA) is 53.6 Å². The van der Waals surface area contributed by atoms with Crippen LogP contribution in [-0.2, 0) is 6.42 Å². The second-order valence-electron chi connectivity index (χ2n) is 5.50. The Morgan fingerprint density at radius 3 is 3.21 bits per heavy atom. The molecule has 2 aromatic rings. The summed E-state index contributed by atoms with van der Waals surface area (Å²) in [5.74, 6) is 2.47. The minimum Gasteiger partial charge on any atom is -0.341 e. The number of pyridine rings is 1. The number of hydrogen-bond acceptors (Lipinski definition) is 3. The molecule has 3 rings (SSSR count). The van der Waals surface area contributed by atoms with Crippen molar-refractivity contribution in [2.75, 3.05) is 13.1 Å². The minimum absolute atomic E-state index is 0.650. The summed E-state index contributed by atoms with van der Waals surface area (Å²) in [5.41, 5.74) is 1.82. The molecule has 0 radical (unpaired) electrons. The number of hydrogen-bond donors (Lipinski definition) is 2. The van der Waals surface area contributed by atoms with Gasteiger partial charge >= 0.3 is 0 Å². The molecule has 1 saturated heterocycles. The van der Waals surface area contributed by atoms with Gasteiger partial charge in [-0.05, 0) is 59.8 Å². The van der Waals surface area contributed by atoms with Gasteiger partial charge in [0.15, 0.2) is 5.65 Å². The molecule has 1 aliphatic rings. The molecule has 102 valence electrons. The third kappa shape index (κ3) is 2.98. The number of fused-ring (bicyclic) bond motifs is 1. The van der Waals surface area contributed by atoms with Crippen LogP contribution in [0.5, 0.6) is 0 Å². The molecule has 5 heteroatoms. The molecule has 2 N–H and O–H groups in total. The van der Waals surface area contributed by atoms with E-state index in [0.717, 1.165) is 40.3 Å². The van der Waals surface area contributed by atoms with E-state index in [1.807, 2.05) is 6.07 Å². The maximum Gasteiger partial charge on any atom is 0.177 e. The number of aromatic amines is 1. The van der Waals surface area contributed by atoms with Crippen LogP contribution in [0.25, 0.3) is 11.2 Å². The molecule has 1 aliphatic heterocycles. The minimum atomic E-state index is 0.650. The number of nitrogens with zero attached hydrogens (tertiary/aromatic N) is 2. The predicted octanol–water partition coefficient (Wildman–Crippen LogP) is 2.90. The van der Waals surface area contributed by atoms with Crippen LogP contribution >= 0.6 is 15.9 Å². The van der Waals surface area contributed by atoms with Crippen molar-refractivity contribution in [1.29, 1.82) is 0 Å². The fourth-order valence-electron chi connectivity index (χ4n) is 2.86. The lowest BCUT2D eigenvalue weighted by molar-refractivity contribution is 0.276. The Hall–Kier alpha value is -0.940. The first-order valence-corrected chi connectivity index (χ1v) is 7.72. The van der Waals surface area contributed by atoms with Gasteiger partial charge in [0.05, 0.1) is 5.52 Å². The molecular weight excluding hydrogens is 304 g/mol. The van der Waals surface area contributed by atoms with Crippen molar-refractivity contribution in [3.05, 3.63) is 22.6 Å². The fourth-order valence-corrected chi connectivity index (χ4v) is 3.19. The van der Waals surface area contributed by atoms with Gasteiger partial charge in [-0.3, -0.25) is 0 Å². The molecule has 0 aromatic carbocycles. The monoisotopic (exact) mass is 322 g/mol. The third-order valence-corrected chi connectivity index (χ3v) is 4.44. The highest BCUT2D eigenvalue weighted by molar-refractivity contribution is 9.10. The average molecular weight is 323 g/mol. The van der Waals surface area contributed by atoms with Crippen molar-refractivity contribution in [1.82, 2.24) is 20.3 Å². The van der Waals surface area contributed by atoms with Gasteiger partial charge in [-0.25, -0.2) is 9.97 Å². The zero-order valence-corrected chi connectivity index (χ0v) is 12.7. The van der Waals surface area contributed by atoms with Crippen LogP contribution in [0.3, 0.4) is 0 Å². The molecule has 0 aliphatic carbocycles. The van der Waals surface area contributed by atoms with Gasteiger partial charge in [0.2, 0.25) is 0 Å². The molecule has 2 atom stereocenters. The second-order valence-corrected chi connectivity index (χ2v) is 6.41. The van der Waals surface area contributed by atoms with E-state index in [2.05, 4.69) is 43.1 Å². The number of H-pyrrole nitrogens is 1. The smallest absolute Gasteiger partial charge is 0.177 e. The van der Waals surface area contributed by atoms with E-state index in [-0.39, 0.29) is 0 Å². The molecule has 1 fully saturated rings. The highest BCUT2D eigenvalue weighted by Gasteiger charge is 2.21. The van der Waals surface area contributed by atoms with Crippen molar-refractivity contribution in [2.24, 2.45) is 11.8 Å². The second kappa shape index (κ2) is 5.59. The molecule has 2 aromatic heterocycles. The van der Waals surface area contributed by atoms with E-state index in [4.69, 9.17) is 0 Å². The number of imidazole rings is 1. The van der Waals surface area contributed by atoms with Crippen LogP contribution in [0.2, 0.25) is 0 Å². The lowest BCUT2D eigenvalue weighted by atomic mass is 9.85. The molecular formula is C14H19BrN4. The van der Waals surface area contributed by atoms with Crippen LogP contribution in [0, 0.1) is 11.8 Å². The number of nitrogens with one attached hydrogen (secondary N) is 2. The third-order valence-electron chi connectivity index (χ3n) is 4.01. The Labute approximate surface area is 121 Å². The van der Waals surface area contributed by atoms with E-state index >= 15 is 0 Å². The lowest BCUT2D eigenvalue weighted by Gasteiger charge is -2.27. The standard InChI is InChI=1S/C14H19BrN4/c1-9(10-3-2-4-16-7-10)5-13-18-12-6-11(15)8-17-14(12)19-13/h6,8-10,16H,2-5,7H2,1H3,(H,17,18,19). The number of halogens is 1. The van der Waals surface area contributed by atoms with Crippen molar-refractivity contribution in [3.8, 4) is 0 Å². The Kier molecular flexibility index (Phi) is 3.84. The number of piperidine rings is 1. The molecule has 0 amide bonds. The van der Waals surface area contributed by atoms with Gasteiger partial charge in [-0.15, -0.1) is 0 Å². The van der Waals surface area contributed by atoms with E-state index in [0.29, 0.717) is 5.92 Å². The zero-order chi connectivity index (χ0) is 13.2. The van der Waals surface area contributed by atoms with Gasteiger partial charge in [0.25, 0.3) is 0 Å². The summed E-state index contributed by atoms with van der Waals surface area (Å²) in [6.07, 6.45) is 5.42. The zero-order valence-electron chi connectivity index (χ0n) is 11.1. The largest absolute Gasteiger partial charge is 0.341 e. The average Bonchev–Trinajstić information content (AvgIpc) is 2.81. The molecule has 0 spiro atoms. The Morgan fingerprint density at radius 1 is 1.53 bits per heavy atom. The van der Waals surface area contributed by atoms with Crippen LogP contribution in [0.1, 0.15) is 25.6 Å². The summed E-state index contributed by atoms with van der Waals surface area (Å²) >= 11 is 3.44. The van der Waals surface area contributed by atoms with Crippen LogP contribution in [0.15, 0.2) is 16.7 Å². The first kappa shape index (κ1) is 13.1. The summed E-state index contributed by atoms with van der Waals surface area (Å²) in [5, 5.41) is 3.49. The first-order valence-electron chi connectivity index (χ1n) is 6.93. The molecule has 19 heavy (non-hydrogen) atoms. The SMILES string of the molecule is CC(Cc1nc2ncc(Br)cc2[nH]1)C1CCCNC1. The summed E-state index contributed by atoms with van der Waals surface area (Å²) in [6.45, 7) is 4.64. The van der Waals surface area contributed by atoms with Crippen LogP contribution in [-0.4, -0.2) is 28.0 Å². The van der Waals surface area contributed by atoms with Gasteiger partial charge < -0.3 is 10.3 Å². The van der Waals surface area contributed by atoms with Crippen molar-refractivity contribution >= 4 is 27.1 Å². The highest BCUT2D eigenvalue weighted by atomic mass is 79.9. The maximum absolute atomic E-state index is 4.58. The Morgan fingerprint density at radius 2 is 2.42 bits per heavy atom. The number of aromatic nitrogens is 3. The Bertz CT molecular complexity index is 560. The molecule has 0 bridgehead atoms. The lowest BCUT2D eigenvalue weighted by Crippen LogP contribution is -2.34. The van der Waals surface area contributed by atoms with Crippen molar-refractivity contribution < 1.29 is 0 Å². The van der Waals surface area contributed by atoms with E-state index in [1.165, 1.54) is 19.4 Å². The number of rotatable bonds is 3. The quantitative estimate of drug-likeness (QED) is 0.913. The van der Waals surface area contributed by atoms with Crippen molar-refractivity contribution in [2.45, 2.75) is 26.2 Å². The van der Waals surface area contributed by atoms with Crippen LogP contribution in [0.4, 0.5) is 0 Å². The van der Waals surface area contributed by atoms with Gasteiger partial charge in [0, 0.05) is 17.1 Å². The van der Waals surface area contributed by atoms with Gasteiger partial charge in [-0.1, -0.05) is 6.92 Å². The summed E-state index contributed by atoms with van der Waals surface area (Å²) in [7, 11) is 0. The van der Waals surface area contributed by atoms with Crippen molar-refractivity contribution in [3.63, 3.8) is 0 Å². The van der Waals surface area contributed by atoms with Crippen LogP contribution < -0.4 is 5.32 Å². The van der Waals surface area contributed by atoms with Gasteiger partial charge in [-0.2, -0.15) is 0 Å². The van der Waals surface area contributed by atoms with Gasteiger partial charge in [0.1, 0.15) is 5.82 Å². The molecule has 0 saturated carbocycles.